The molecule has 1 aliphatic heterocycles. The van der Waals surface area contributed by atoms with Crippen LogP contribution in [0.2, 0.25) is 0 Å². The number of aryl methyl sites for hydroxylation is 1. The summed E-state index contributed by atoms with van der Waals surface area (Å²) in [6, 6.07) is 24.7. The van der Waals surface area contributed by atoms with Gasteiger partial charge in [-0.2, -0.15) is 0 Å². The lowest BCUT2D eigenvalue weighted by molar-refractivity contribution is -0.144. The van der Waals surface area contributed by atoms with Crippen LogP contribution in [-0.4, -0.2) is 88.5 Å². The zero-order chi connectivity index (χ0) is 47.9. The van der Waals surface area contributed by atoms with Gasteiger partial charge in [0.05, 0.1) is 28.7 Å². The average molecular weight is 924 g/mol. The summed E-state index contributed by atoms with van der Waals surface area (Å²) in [7, 11) is 1.79. The Morgan fingerprint density at radius 2 is 1.66 bits per heavy atom. The minimum absolute atomic E-state index is 0.0133. The van der Waals surface area contributed by atoms with Crippen molar-refractivity contribution in [1.29, 1.82) is 0 Å². The monoisotopic (exact) mass is 923 g/mol. The molecule has 6 rings (SSSR count). The first-order valence-electron chi connectivity index (χ1n) is 23.4. The molecule has 2 heterocycles. The van der Waals surface area contributed by atoms with Gasteiger partial charge in [-0.05, 0) is 101 Å². The maximum Gasteiger partial charge on any atom is 0.246 e. The molecule has 4 aromatic rings. The topological polar surface area (TPSA) is 141 Å². The summed E-state index contributed by atoms with van der Waals surface area (Å²) < 4.78 is 6.06. The van der Waals surface area contributed by atoms with Crippen molar-refractivity contribution in [3.8, 4) is 16.2 Å². The van der Waals surface area contributed by atoms with E-state index >= 15 is 0 Å². The molecule has 0 saturated carbocycles. The highest BCUT2D eigenvalue weighted by Crippen LogP contribution is 2.36. The van der Waals surface area contributed by atoms with E-state index in [0.29, 0.717) is 32.4 Å². The molecular weight excluding hydrogens is 859 g/mol. The van der Waals surface area contributed by atoms with Crippen molar-refractivity contribution in [2.24, 2.45) is 5.41 Å². The second-order valence-corrected chi connectivity index (χ2v) is 19.2. The molecule has 0 spiro atoms. The van der Waals surface area contributed by atoms with E-state index in [4.69, 9.17) is 4.74 Å². The minimum Gasteiger partial charge on any atom is -0.492 e. The molecular formula is C55H65N5O6S. The maximum atomic E-state index is 14.0. The number of aliphatic hydroxyl groups excluding tert-OH is 1. The smallest absolute Gasteiger partial charge is 0.246 e. The zero-order valence-corrected chi connectivity index (χ0v) is 40.6. The Kier molecular flexibility index (Phi) is 17.9. The first-order chi connectivity index (χ1) is 32.2. The summed E-state index contributed by atoms with van der Waals surface area (Å²) in [6.45, 7) is 10.9. The molecule has 3 aromatic carbocycles. The Morgan fingerprint density at radius 3 is 2.30 bits per heavy atom. The largest absolute Gasteiger partial charge is 0.492 e. The SMILES string of the molecule is CC/C(=C(\C1=CC=C=C=C1)c1ccc(OCCN(C)C(=O)CCCCCCC(=O)N[C@H](C(=O)N2C[C@H](O)C[C@H]2C(=O)NCc2ccc(-c3scnc3C)cc2)C(C)(C)C)cc1)c1ccccc1. The summed E-state index contributed by atoms with van der Waals surface area (Å²) in [6.07, 6.45) is 9.53. The third-order valence-electron chi connectivity index (χ3n) is 12.2. The molecule has 0 bridgehead atoms. The third-order valence-corrected chi connectivity index (χ3v) is 13.2. The molecule has 12 heteroatoms. The molecule has 11 nitrogen and oxygen atoms in total. The number of ether oxygens (including phenoxy) is 1. The van der Waals surface area contributed by atoms with Crippen molar-refractivity contribution in [2.45, 2.75) is 111 Å². The first kappa shape index (κ1) is 50.1. The zero-order valence-electron chi connectivity index (χ0n) is 39.8. The number of benzene rings is 3. The van der Waals surface area contributed by atoms with E-state index in [0.717, 1.165) is 63.4 Å². The lowest BCUT2D eigenvalue weighted by atomic mass is 9.85. The number of unbranched alkanes of at least 4 members (excludes halogenated alkanes) is 3. The Morgan fingerprint density at radius 1 is 0.940 bits per heavy atom. The van der Waals surface area contributed by atoms with E-state index in [-0.39, 0.29) is 49.6 Å². The molecule has 67 heavy (non-hydrogen) atoms. The van der Waals surface area contributed by atoms with Crippen LogP contribution in [0.15, 0.2) is 120 Å². The quantitative estimate of drug-likeness (QED) is 0.0430. The van der Waals surface area contributed by atoms with Crippen LogP contribution in [0.5, 0.6) is 5.75 Å². The Balaban J connectivity index is 0.899. The molecule has 2 aliphatic rings. The Labute approximate surface area is 400 Å². The summed E-state index contributed by atoms with van der Waals surface area (Å²) in [5.41, 5.74) is 15.9. The van der Waals surface area contributed by atoms with Crippen LogP contribution >= 0.6 is 11.3 Å². The van der Waals surface area contributed by atoms with Crippen LogP contribution in [0.25, 0.3) is 21.6 Å². The van der Waals surface area contributed by atoms with Crippen LogP contribution in [0.3, 0.4) is 0 Å². The van der Waals surface area contributed by atoms with Crippen LogP contribution in [0.1, 0.15) is 101 Å². The van der Waals surface area contributed by atoms with Crippen LogP contribution in [-0.2, 0) is 25.7 Å². The molecule has 1 fully saturated rings. The average Bonchev–Trinajstić information content (AvgIpc) is 3.95. The first-order valence-corrected chi connectivity index (χ1v) is 24.3. The molecule has 4 amide bonds. The highest BCUT2D eigenvalue weighted by molar-refractivity contribution is 7.13. The van der Waals surface area contributed by atoms with E-state index in [1.54, 1.807) is 23.3 Å². The van der Waals surface area contributed by atoms with Crippen molar-refractivity contribution >= 4 is 46.1 Å². The number of amides is 4. The molecule has 0 radical (unpaired) electrons. The molecule has 0 unspecified atom stereocenters. The number of hydrogen-bond acceptors (Lipinski definition) is 8. The number of carbonyl (C=O) groups is 4. The van der Waals surface area contributed by atoms with Gasteiger partial charge in [-0.15, -0.1) is 11.3 Å². The fourth-order valence-corrected chi connectivity index (χ4v) is 9.26. The minimum atomic E-state index is -0.888. The van der Waals surface area contributed by atoms with Gasteiger partial charge < -0.3 is 30.3 Å². The fourth-order valence-electron chi connectivity index (χ4n) is 8.44. The highest BCUT2D eigenvalue weighted by Gasteiger charge is 2.44. The van der Waals surface area contributed by atoms with Crippen molar-refractivity contribution in [3.63, 3.8) is 0 Å². The van der Waals surface area contributed by atoms with Crippen LogP contribution < -0.4 is 15.4 Å². The number of aromatic nitrogens is 1. The van der Waals surface area contributed by atoms with Gasteiger partial charge in [0.2, 0.25) is 23.6 Å². The van der Waals surface area contributed by atoms with Gasteiger partial charge in [-0.1, -0.05) is 119 Å². The van der Waals surface area contributed by atoms with Crippen molar-refractivity contribution in [3.05, 3.63) is 142 Å². The lowest BCUT2D eigenvalue weighted by Gasteiger charge is -2.35. The van der Waals surface area contributed by atoms with E-state index < -0.39 is 23.6 Å². The molecule has 1 aliphatic carbocycles. The fraction of sp³-hybridized carbons (Fsp3) is 0.400. The number of likely N-dealkylation sites (tertiary alicyclic amines) is 1. The van der Waals surface area contributed by atoms with Crippen molar-refractivity contribution < 1.29 is 29.0 Å². The summed E-state index contributed by atoms with van der Waals surface area (Å²) in [5, 5.41) is 16.5. The highest BCUT2D eigenvalue weighted by atomic mass is 32.1. The molecule has 1 saturated heterocycles. The summed E-state index contributed by atoms with van der Waals surface area (Å²) in [5.74, 6) is -0.213. The molecule has 3 N–H and O–H groups in total. The van der Waals surface area contributed by atoms with Gasteiger partial charge >= 0.3 is 0 Å². The number of carbonyl (C=O) groups excluding carboxylic acids is 4. The van der Waals surface area contributed by atoms with E-state index in [9.17, 15) is 24.3 Å². The molecule has 352 valence electrons. The number of allylic oxidation sites excluding steroid dienone is 6. The van der Waals surface area contributed by atoms with Gasteiger partial charge in [-0.3, -0.25) is 19.2 Å². The number of nitrogens with zero attached hydrogens (tertiary/aromatic N) is 3. The number of likely N-dealkylation sites (N-methyl/N-ethyl adjacent to an activating group) is 1. The van der Waals surface area contributed by atoms with Crippen molar-refractivity contribution in [2.75, 3.05) is 26.7 Å². The van der Waals surface area contributed by atoms with Gasteiger partial charge in [0.1, 0.15) is 24.4 Å². The Bertz CT molecular complexity index is 2510. The van der Waals surface area contributed by atoms with E-state index in [1.165, 1.54) is 16.0 Å². The number of hydrogen-bond donors (Lipinski definition) is 3. The molecule has 1 aromatic heterocycles. The van der Waals surface area contributed by atoms with Crippen LogP contribution in [0.4, 0.5) is 0 Å². The van der Waals surface area contributed by atoms with E-state index in [2.05, 4.69) is 76.5 Å². The number of rotatable bonds is 21. The third kappa shape index (κ3) is 13.9. The second kappa shape index (κ2) is 23.9. The predicted molar refractivity (Wildman–Crippen MR) is 267 cm³/mol. The van der Waals surface area contributed by atoms with Crippen LogP contribution in [0, 0.1) is 12.3 Å². The second-order valence-electron chi connectivity index (χ2n) is 18.3. The number of β-amino-alcohol motifs (C(OH)–C–C–N with tert-alkyl or cyclic N) is 1. The van der Waals surface area contributed by atoms with Crippen molar-refractivity contribution in [1.82, 2.24) is 25.4 Å². The predicted octanol–water partition coefficient (Wildman–Crippen LogP) is 9.23. The van der Waals surface area contributed by atoms with E-state index in [1.807, 2.05) is 87.8 Å². The van der Waals surface area contributed by atoms with Gasteiger partial charge in [0.25, 0.3) is 0 Å². The van der Waals surface area contributed by atoms with Gasteiger partial charge in [0.15, 0.2) is 0 Å². The lowest BCUT2D eigenvalue weighted by Crippen LogP contribution is -2.57. The summed E-state index contributed by atoms with van der Waals surface area (Å²) in [4.78, 5) is 62.2. The number of nitrogens with one attached hydrogen (secondary N) is 2. The molecule has 3 atom stereocenters. The van der Waals surface area contributed by atoms with Gasteiger partial charge in [0, 0.05) is 39.4 Å². The Hall–Kier alpha value is -6.29. The number of aliphatic hydroxyl groups is 1. The summed E-state index contributed by atoms with van der Waals surface area (Å²) >= 11 is 1.58. The standard InChI is InChI=1S/C55H65N5O6S/c1-7-46(40-18-12-10-13-19-40)50(41-20-14-11-15-21-41)42-28-30-45(31-29-42)66-33-32-59(6)49(63)23-17-9-8-16-22-48(62)58-52(55(3,4)5)54(65)60-36-44(61)34-47(60)53(64)56-35-39-24-26-43(27-25-39)51-38(2)57-37-67-51/h10,12-14,18-21,24-31,37,44,47,52,61H,7-9,16-17,22-23,32-36H2,1-6H3,(H,56,64)(H,58,62)/b50-46-/t44-,47+,52-/m1/s1. The maximum absolute atomic E-state index is 14.0. The normalized spacial score (nSPS) is 16.3. The number of thiazole rings is 1. The van der Waals surface area contributed by atoms with Gasteiger partial charge in [-0.25, -0.2) is 4.98 Å².